The van der Waals surface area contributed by atoms with Crippen molar-refractivity contribution >= 4 is 15.9 Å². The van der Waals surface area contributed by atoms with Crippen molar-refractivity contribution in [3.8, 4) is 0 Å². The van der Waals surface area contributed by atoms with Gasteiger partial charge in [0.2, 0.25) is 15.9 Å². The van der Waals surface area contributed by atoms with Crippen LogP contribution in [0.3, 0.4) is 0 Å². The molecule has 1 unspecified atom stereocenters. The van der Waals surface area contributed by atoms with Crippen LogP contribution in [0.5, 0.6) is 0 Å². The van der Waals surface area contributed by atoms with Crippen LogP contribution in [0.1, 0.15) is 47.1 Å². The lowest BCUT2D eigenvalue weighted by Gasteiger charge is -2.28. The third-order valence-electron chi connectivity index (χ3n) is 6.02. The van der Waals surface area contributed by atoms with Crippen LogP contribution >= 0.6 is 0 Å². The minimum absolute atomic E-state index is 0.00457. The number of carbonyl (C=O) groups excluding carboxylic acids is 1. The van der Waals surface area contributed by atoms with E-state index in [0.29, 0.717) is 36.5 Å². The summed E-state index contributed by atoms with van der Waals surface area (Å²) in [6.07, 6.45) is 3.36. The van der Waals surface area contributed by atoms with Crippen LogP contribution < -0.4 is 5.56 Å². The lowest BCUT2D eigenvalue weighted by atomic mass is 10.0. The molecule has 0 bridgehead atoms. The van der Waals surface area contributed by atoms with Gasteiger partial charge in [0.25, 0.3) is 5.56 Å². The van der Waals surface area contributed by atoms with Crippen LogP contribution in [0.2, 0.25) is 0 Å². The lowest BCUT2D eigenvalue weighted by Crippen LogP contribution is -2.40. The Morgan fingerprint density at radius 3 is 2.77 bits per heavy atom. The number of rotatable bonds is 4. The third-order valence-corrected chi connectivity index (χ3v) is 7.27. The Balaban J connectivity index is 1.60. The van der Waals surface area contributed by atoms with E-state index in [4.69, 9.17) is 0 Å². The summed E-state index contributed by atoms with van der Waals surface area (Å²) < 4.78 is 25.2. The van der Waals surface area contributed by atoms with E-state index in [0.717, 1.165) is 30.2 Å². The van der Waals surface area contributed by atoms with Crippen LogP contribution in [0, 0.1) is 6.92 Å². The van der Waals surface area contributed by atoms with Crippen molar-refractivity contribution in [3.05, 3.63) is 62.8 Å². The van der Waals surface area contributed by atoms with E-state index in [1.807, 2.05) is 31.2 Å². The van der Waals surface area contributed by atoms with Crippen molar-refractivity contribution in [3.63, 3.8) is 0 Å². The predicted molar refractivity (Wildman–Crippen MR) is 112 cm³/mol. The van der Waals surface area contributed by atoms with Crippen molar-refractivity contribution in [1.29, 1.82) is 0 Å². The Morgan fingerprint density at radius 2 is 2.03 bits per heavy atom. The van der Waals surface area contributed by atoms with Crippen LogP contribution in [0.4, 0.5) is 0 Å². The van der Waals surface area contributed by atoms with Gasteiger partial charge in [-0.3, -0.25) is 9.59 Å². The summed E-state index contributed by atoms with van der Waals surface area (Å²) in [6.45, 7) is 2.97. The second-order valence-corrected chi connectivity index (χ2v) is 10.1. The molecule has 1 fully saturated rings. The maximum atomic E-state index is 13.0. The van der Waals surface area contributed by atoms with Crippen molar-refractivity contribution in [1.82, 2.24) is 19.2 Å². The van der Waals surface area contributed by atoms with E-state index < -0.39 is 10.0 Å². The van der Waals surface area contributed by atoms with Gasteiger partial charge >= 0.3 is 0 Å². The smallest absolute Gasteiger partial charge is 0.254 e. The topological polar surface area (TPSA) is 103 Å². The van der Waals surface area contributed by atoms with Gasteiger partial charge in [-0.05, 0) is 37.3 Å². The van der Waals surface area contributed by atoms with Gasteiger partial charge in [0.1, 0.15) is 5.82 Å². The zero-order valence-corrected chi connectivity index (χ0v) is 18.0. The van der Waals surface area contributed by atoms with E-state index in [-0.39, 0.29) is 30.6 Å². The molecule has 8 nitrogen and oxygen atoms in total. The molecule has 0 saturated carbocycles. The number of carbonyl (C=O) groups is 1. The standard InChI is InChI=1S/C21H26N4O4S/c1-14-6-3-4-7-15(14)12-19(26)25-10-5-8-18(25)20-22-17-13-24(30(2,28)29)11-9-16(17)21(27)23-20/h3-4,6-7,18H,5,8-13H2,1-2H3,(H,22,23,27). The quantitative estimate of drug-likeness (QED) is 0.788. The molecule has 1 aromatic carbocycles. The first-order chi connectivity index (χ1) is 14.2. The molecule has 0 radical (unpaired) electrons. The number of hydrogen-bond donors (Lipinski definition) is 1. The number of nitrogens with zero attached hydrogens (tertiary/aromatic N) is 3. The molecule has 4 rings (SSSR count). The number of aryl methyl sites for hydroxylation is 1. The highest BCUT2D eigenvalue weighted by Gasteiger charge is 2.34. The Bertz CT molecular complexity index is 1140. The van der Waals surface area contributed by atoms with Crippen LogP contribution in [0.15, 0.2) is 29.1 Å². The van der Waals surface area contributed by atoms with Crippen LogP contribution in [0.25, 0.3) is 0 Å². The first-order valence-corrected chi connectivity index (χ1v) is 12.0. The molecule has 30 heavy (non-hydrogen) atoms. The van der Waals surface area contributed by atoms with Gasteiger partial charge in [-0.1, -0.05) is 24.3 Å². The highest BCUT2D eigenvalue weighted by atomic mass is 32.2. The molecule has 0 spiro atoms. The molecule has 1 aromatic heterocycles. The molecule has 160 valence electrons. The minimum Gasteiger partial charge on any atom is -0.332 e. The number of benzene rings is 1. The van der Waals surface area contributed by atoms with E-state index in [1.54, 1.807) is 4.90 Å². The van der Waals surface area contributed by atoms with Crippen LogP contribution in [-0.4, -0.2) is 52.8 Å². The van der Waals surface area contributed by atoms with Gasteiger partial charge in [-0.15, -0.1) is 0 Å². The zero-order valence-electron chi connectivity index (χ0n) is 17.2. The number of amides is 1. The highest BCUT2D eigenvalue weighted by Crippen LogP contribution is 2.31. The lowest BCUT2D eigenvalue weighted by molar-refractivity contribution is -0.131. The fourth-order valence-electron chi connectivity index (χ4n) is 4.30. The predicted octanol–water partition coefficient (Wildman–Crippen LogP) is 1.30. The van der Waals surface area contributed by atoms with E-state index in [1.165, 1.54) is 4.31 Å². The van der Waals surface area contributed by atoms with Gasteiger partial charge in [0.15, 0.2) is 0 Å². The molecule has 1 amide bonds. The molecule has 3 heterocycles. The maximum Gasteiger partial charge on any atom is 0.254 e. The SMILES string of the molecule is Cc1ccccc1CC(=O)N1CCCC1c1nc2c(c(=O)[nH]1)CCN(S(C)(=O)=O)C2. The summed E-state index contributed by atoms with van der Waals surface area (Å²) in [6, 6.07) is 7.52. The Kier molecular flexibility index (Phi) is 5.50. The normalized spacial score (nSPS) is 19.7. The van der Waals surface area contributed by atoms with Crippen molar-refractivity contribution < 1.29 is 13.2 Å². The fraction of sp³-hybridized carbons (Fsp3) is 0.476. The molecule has 1 atom stereocenters. The maximum absolute atomic E-state index is 13.0. The van der Waals surface area contributed by atoms with Crippen molar-refractivity contribution in [2.45, 2.75) is 45.2 Å². The first kappa shape index (κ1) is 20.7. The summed E-state index contributed by atoms with van der Waals surface area (Å²) in [4.78, 5) is 34.9. The van der Waals surface area contributed by atoms with Crippen LogP contribution in [-0.2, 0) is 34.2 Å². The Hall–Kier alpha value is -2.52. The van der Waals surface area contributed by atoms with Crippen molar-refractivity contribution in [2.24, 2.45) is 0 Å². The molecule has 9 heteroatoms. The monoisotopic (exact) mass is 430 g/mol. The average Bonchev–Trinajstić information content (AvgIpc) is 3.18. The number of nitrogens with one attached hydrogen (secondary N) is 1. The summed E-state index contributed by atoms with van der Waals surface area (Å²) in [5.74, 6) is 0.453. The molecule has 0 aliphatic carbocycles. The molecule has 2 aliphatic rings. The van der Waals surface area contributed by atoms with E-state index >= 15 is 0 Å². The van der Waals surface area contributed by atoms with Gasteiger partial charge in [-0.25, -0.2) is 13.4 Å². The Labute approximate surface area is 176 Å². The number of aromatic amines is 1. The number of sulfonamides is 1. The number of fused-ring (bicyclic) bond motifs is 1. The number of likely N-dealkylation sites (tertiary alicyclic amines) is 1. The van der Waals surface area contributed by atoms with Gasteiger partial charge < -0.3 is 9.88 Å². The molecular formula is C21H26N4O4S. The molecule has 1 saturated heterocycles. The van der Waals surface area contributed by atoms with Gasteiger partial charge in [-0.2, -0.15) is 4.31 Å². The fourth-order valence-corrected chi connectivity index (χ4v) is 5.08. The van der Waals surface area contributed by atoms with E-state index in [2.05, 4.69) is 9.97 Å². The zero-order chi connectivity index (χ0) is 21.5. The molecule has 2 aliphatic heterocycles. The summed E-state index contributed by atoms with van der Waals surface area (Å²) in [5.41, 5.74) is 2.85. The third kappa shape index (κ3) is 4.04. The molecule has 2 aromatic rings. The molecular weight excluding hydrogens is 404 g/mol. The number of hydrogen-bond acceptors (Lipinski definition) is 5. The van der Waals surface area contributed by atoms with Crippen molar-refractivity contribution in [2.75, 3.05) is 19.3 Å². The summed E-state index contributed by atoms with van der Waals surface area (Å²) in [7, 11) is -3.36. The minimum atomic E-state index is -3.36. The summed E-state index contributed by atoms with van der Waals surface area (Å²) in [5, 5.41) is 0. The highest BCUT2D eigenvalue weighted by molar-refractivity contribution is 7.88. The number of aromatic nitrogens is 2. The number of H-pyrrole nitrogens is 1. The largest absolute Gasteiger partial charge is 0.332 e. The van der Waals surface area contributed by atoms with Gasteiger partial charge in [0, 0.05) is 18.7 Å². The second kappa shape index (κ2) is 7.96. The Morgan fingerprint density at radius 1 is 1.27 bits per heavy atom. The summed E-state index contributed by atoms with van der Waals surface area (Å²) >= 11 is 0. The first-order valence-electron chi connectivity index (χ1n) is 10.1. The van der Waals surface area contributed by atoms with E-state index in [9.17, 15) is 18.0 Å². The average molecular weight is 431 g/mol. The van der Waals surface area contributed by atoms with Gasteiger partial charge in [0.05, 0.1) is 31.0 Å². The second-order valence-electron chi connectivity index (χ2n) is 8.07. The molecule has 1 N–H and O–H groups in total.